The lowest BCUT2D eigenvalue weighted by Crippen LogP contribution is -2.24. The fraction of sp³-hybridized carbons (Fsp3) is 0.471. The number of fused-ring (bicyclic) bond motifs is 1. The molecule has 2 aromatic rings. The van der Waals surface area contributed by atoms with E-state index in [1.54, 1.807) is 11.3 Å². The maximum Gasteiger partial charge on any atom is 0.190 e. The number of hydrogen-bond acceptors (Lipinski definition) is 4. The van der Waals surface area contributed by atoms with Crippen LogP contribution in [0.4, 0.5) is 10.8 Å². The molecule has 0 saturated carbocycles. The summed E-state index contributed by atoms with van der Waals surface area (Å²) in [5.41, 5.74) is 9.85. The summed E-state index contributed by atoms with van der Waals surface area (Å²) >= 11 is 1.75. The third-order valence-corrected chi connectivity index (χ3v) is 5.02. The summed E-state index contributed by atoms with van der Waals surface area (Å²) in [5.74, 6) is 0. The van der Waals surface area contributed by atoms with Crippen molar-refractivity contribution in [3.8, 4) is 0 Å². The van der Waals surface area contributed by atoms with Gasteiger partial charge in [0.15, 0.2) is 5.13 Å². The molecular formula is C17H23N3S. The highest BCUT2D eigenvalue weighted by Gasteiger charge is 2.26. The Kier molecular flexibility index (Phi) is 3.76. The number of benzene rings is 1. The minimum Gasteiger partial charge on any atom is -0.326 e. The number of aryl methyl sites for hydroxylation is 1. The summed E-state index contributed by atoms with van der Waals surface area (Å²) in [5, 5.41) is 1.09. The van der Waals surface area contributed by atoms with Crippen LogP contribution in [0, 0.1) is 0 Å². The molecule has 1 aromatic carbocycles. The van der Waals surface area contributed by atoms with Gasteiger partial charge in [-0.1, -0.05) is 50.3 Å². The number of rotatable bonds is 2. The highest BCUT2D eigenvalue weighted by Crippen LogP contribution is 2.39. The van der Waals surface area contributed by atoms with Crippen molar-refractivity contribution in [1.29, 1.82) is 0 Å². The molecule has 0 bridgehead atoms. The van der Waals surface area contributed by atoms with Crippen LogP contribution in [0.5, 0.6) is 0 Å². The van der Waals surface area contributed by atoms with E-state index < -0.39 is 0 Å². The van der Waals surface area contributed by atoms with Gasteiger partial charge in [-0.3, -0.25) is 0 Å². The van der Waals surface area contributed by atoms with Crippen LogP contribution in [0.2, 0.25) is 0 Å². The van der Waals surface area contributed by atoms with Crippen molar-refractivity contribution >= 4 is 22.2 Å². The van der Waals surface area contributed by atoms with Gasteiger partial charge in [-0.15, -0.1) is 0 Å². The fourth-order valence-corrected chi connectivity index (χ4v) is 4.10. The van der Waals surface area contributed by atoms with Gasteiger partial charge in [0.05, 0.1) is 5.69 Å². The fourth-order valence-electron chi connectivity index (χ4n) is 2.91. The molecule has 0 atom stereocenters. The van der Waals surface area contributed by atoms with Crippen LogP contribution in [-0.2, 0) is 18.4 Å². The van der Waals surface area contributed by atoms with Crippen molar-refractivity contribution in [2.75, 3.05) is 11.4 Å². The summed E-state index contributed by atoms with van der Waals surface area (Å²) in [6.07, 6.45) is 2.34. The normalized spacial score (nSPS) is 15.1. The second kappa shape index (κ2) is 5.43. The molecule has 2 N–H and O–H groups in total. The quantitative estimate of drug-likeness (QED) is 0.912. The van der Waals surface area contributed by atoms with Gasteiger partial charge in [0.1, 0.15) is 0 Å². The number of nitrogens with zero attached hydrogens (tertiary/aromatic N) is 2. The number of nitrogens with two attached hydrogens (primary N) is 1. The third kappa shape index (κ3) is 2.70. The van der Waals surface area contributed by atoms with E-state index in [-0.39, 0.29) is 5.41 Å². The first kappa shape index (κ1) is 14.5. The van der Waals surface area contributed by atoms with E-state index in [2.05, 4.69) is 49.9 Å². The zero-order chi connectivity index (χ0) is 15.0. The molecule has 0 amide bonds. The minimum absolute atomic E-state index is 0.0404. The maximum absolute atomic E-state index is 5.94. The minimum atomic E-state index is 0.0404. The topological polar surface area (TPSA) is 42.2 Å². The smallest absolute Gasteiger partial charge is 0.190 e. The zero-order valence-corrected chi connectivity index (χ0v) is 13.8. The van der Waals surface area contributed by atoms with Gasteiger partial charge in [-0.2, -0.15) is 0 Å². The Hall–Kier alpha value is -1.39. The number of para-hydroxylation sites is 1. The molecule has 0 fully saturated rings. The molecular weight excluding hydrogens is 278 g/mol. The molecule has 4 heteroatoms. The van der Waals surface area contributed by atoms with E-state index in [9.17, 15) is 0 Å². The first-order valence-corrected chi connectivity index (χ1v) is 8.38. The van der Waals surface area contributed by atoms with Crippen molar-refractivity contribution in [1.82, 2.24) is 4.98 Å². The Morgan fingerprint density at radius 1 is 1.29 bits per heavy atom. The Morgan fingerprint density at radius 3 is 2.71 bits per heavy atom. The standard InChI is InChI=1S/C17H23N3S/c1-17(2,3)15-14(11-18)21-16(19-15)20-10-6-8-12-7-4-5-9-13(12)20/h4-5,7,9H,6,8,10-11,18H2,1-3H3. The molecule has 0 unspecified atom stereocenters. The number of thiazole rings is 1. The molecule has 0 radical (unpaired) electrons. The van der Waals surface area contributed by atoms with Gasteiger partial charge in [0, 0.05) is 29.1 Å². The molecule has 3 rings (SSSR count). The molecule has 0 spiro atoms. The van der Waals surface area contributed by atoms with Crippen LogP contribution >= 0.6 is 11.3 Å². The van der Waals surface area contributed by atoms with Crippen molar-refractivity contribution < 1.29 is 0 Å². The van der Waals surface area contributed by atoms with Crippen molar-refractivity contribution in [3.05, 3.63) is 40.4 Å². The molecule has 1 aliphatic rings. The Morgan fingerprint density at radius 2 is 2.05 bits per heavy atom. The summed E-state index contributed by atoms with van der Waals surface area (Å²) in [6, 6.07) is 8.66. The molecule has 2 heterocycles. The molecule has 21 heavy (non-hydrogen) atoms. The average molecular weight is 301 g/mol. The predicted molar refractivity (Wildman–Crippen MR) is 90.5 cm³/mol. The monoisotopic (exact) mass is 301 g/mol. The largest absolute Gasteiger partial charge is 0.326 e. The Labute approximate surface area is 130 Å². The van der Waals surface area contributed by atoms with Crippen LogP contribution in [0.1, 0.15) is 43.3 Å². The molecule has 3 nitrogen and oxygen atoms in total. The summed E-state index contributed by atoms with van der Waals surface area (Å²) in [6.45, 7) is 8.22. The lowest BCUT2D eigenvalue weighted by atomic mass is 9.91. The second-order valence-corrected chi connectivity index (χ2v) is 7.67. The second-order valence-electron chi connectivity index (χ2n) is 6.61. The number of anilines is 2. The highest BCUT2D eigenvalue weighted by molar-refractivity contribution is 7.15. The first-order chi connectivity index (χ1) is 10.0. The van der Waals surface area contributed by atoms with Gasteiger partial charge < -0.3 is 10.6 Å². The van der Waals surface area contributed by atoms with Crippen LogP contribution in [-0.4, -0.2) is 11.5 Å². The Bertz CT molecular complexity index is 640. The summed E-state index contributed by atoms with van der Waals surface area (Å²) < 4.78 is 0. The van der Waals surface area contributed by atoms with Crippen molar-refractivity contribution in [2.45, 2.75) is 45.6 Å². The van der Waals surface area contributed by atoms with Crippen molar-refractivity contribution in [2.24, 2.45) is 5.73 Å². The number of aromatic nitrogens is 1. The Balaban J connectivity index is 2.05. The van der Waals surface area contributed by atoms with Gasteiger partial charge in [0.25, 0.3) is 0 Å². The van der Waals surface area contributed by atoms with E-state index in [0.29, 0.717) is 6.54 Å². The van der Waals surface area contributed by atoms with Crippen molar-refractivity contribution in [3.63, 3.8) is 0 Å². The predicted octanol–water partition coefficient (Wildman–Crippen LogP) is 3.98. The van der Waals surface area contributed by atoms with E-state index in [4.69, 9.17) is 10.7 Å². The maximum atomic E-state index is 5.94. The highest BCUT2D eigenvalue weighted by atomic mass is 32.1. The summed E-state index contributed by atoms with van der Waals surface area (Å²) in [7, 11) is 0. The van der Waals surface area contributed by atoms with E-state index >= 15 is 0 Å². The van der Waals surface area contributed by atoms with Crippen LogP contribution < -0.4 is 10.6 Å². The summed E-state index contributed by atoms with van der Waals surface area (Å²) in [4.78, 5) is 8.51. The number of hydrogen-bond donors (Lipinski definition) is 1. The van der Waals surface area contributed by atoms with Crippen LogP contribution in [0.3, 0.4) is 0 Å². The van der Waals surface area contributed by atoms with Gasteiger partial charge in [-0.25, -0.2) is 4.98 Å². The SMILES string of the molecule is CC(C)(C)c1nc(N2CCCc3ccccc32)sc1CN. The van der Waals surface area contributed by atoms with Gasteiger partial charge in [-0.05, 0) is 24.5 Å². The van der Waals surface area contributed by atoms with Gasteiger partial charge >= 0.3 is 0 Å². The molecule has 1 aliphatic heterocycles. The lowest BCUT2D eigenvalue weighted by Gasteiger charge is -2.29. The average Bonchev–Trinajstić information content (AvgIpc) is 2.91. The van der Waals surface area contributed by atoms with Crippen LogP contribution in [0.25, 0.3) is 0 Å². The zero-order valence-electron chi connectivity index (χ0n) is 13.0. The molecule has 112 valence electrons. The van der Waals surface area contributed by atoms with E-state index in [1.807, 2.05) is 0 Å². The van der Waals surface area contributed by atoms with E-state index in [1.165, 1.54) is 22.5 Å². The third-order valence-electron chi connectivity index (χ3n) is 3.92. The molecule has 1 aromatic heterocycles. The van der Waals surface area contributed by atoms with Crippen LogP contribution in [0.15, 0.2) is 24.3 Å². The van der Waals surface area contributed by atoms with Gasteiger partial charge in [0.2, 0.25) is 0 Å². The lowest BCUT2D eigenvalue weighted by molar-refractivity contribution is 0.566. The first-order valence-electron chi connectivity index (χ1n) is 7.56. The molecule has 0 aliphatic carbocycles. The molecule has 0 saturated heterocycles. The van der Waals surface area contributed by atoms with E-state index in [0.717, 1.165) is 23.8 Å².